The van der Waals surface area contributed by atoms with Crippen LogP contribution < -0.4 is 0 Å². The summed E-state index contributed by atoms with van der Waals surface area (Å²) in [6, 6.07) is 19.0. The third kappa shape index (κ3) is 3.03. The maximum Gasteiger partial charge on any atom is 0.294 e. The normalized spacial score (nSPS) is 12.0. The predicted octanol–water partition coefficient (Wildman–Crippen LogP) is 4.50. The van der Waals surface area contributed by atoms with Crippen LogP contribution in [0, 0.1) is 0 Å². The number of fused-ring (bicyclic) bond motifs is 1. The third-order valence-electron chi connectivity index (χ3n) is 3.16. The number of benzene rings is 3. The molecule has 6 heteroatoms. The van der Waals surface area contributed by atoms with Gasteiger partial charge >= 0.3 is 0 Å². The first kappa shape index (κ1) is 14.4. The van der Waals surface area contributed by atoms with Crippen LogP contribution in [0.15, 0.2) is 81.9 Å². The summed E-state index contributed by atoms with van der Waals surface area (Å²) < 4.78 is 31.5. The van der Waals surface area contributed by atoms with E-state index in [2.05, 4.69) is 10.2 Å². The van der Waals surface area contributed by atoms with Crippen LogP contribution in [-0.2, 0) is 10.1 Å². The van der Waals surface area contributed by atoms with Crippen LogP contribution in [0.5, 0.6) is 0 Å². The van der Waals surface area contributed by atoms with Crippen molar-refractivity contribution in [2.75, 3.05) is 0 Å². The number of rotatable bonds is 3. The highest BCUT2D eigenvalue weighted by molar-refractivity contribution is 7.85. The fourth-order valence-corrected chi connectivity index (χ4v) is 2.61. The molecule has 0 saturated carbocycles. The Bertz CT molecular complexity index is 952. The van der Waals surface area contributed by atoms with Gasteiger partial charge in [-0.25, -0.2) is 0 Å². The van der Waals surface area contributed by atoms with Gasteiger partial charge in [-0.2, -0.15) is 13.5 Å². The Hall–Kier alpha value is -2.57. The Morgan fingerprint density at radius 3 is 2.32 bits per heavy atom. The molecule has 5 nitrogen and oxygen atoms in total. The summed E-state index contributed by atoms with van der Waals surface area (Å²) >= 11 is 0. The topological polar surface area (TPSA) is 79.1 Å². The van der Waals surface area contributed by atoms with Gasteiger partial charge in [-0.05, 0) is 35.7 Å². The molecule has 0 aliphatic heterocycles. The van der Waals surface area contributed by atoms with Crippen LogP contribution in [0.25, 0.3) is 10.8 Å². The van der Waals surface area contributed by atoms with Crippen molar-refractivity contribution in [2.24, 2.45) is 10.2 Å². The molecule has 1 N–H and O–H groups in total. The first-order valence-electron chi connectivity index (χ1n) is 6.51. The van der Waals surface area contributed by atoms with Crippen molar-refractivity contribution >= 4 is 32.3 Å². The van der Waals surface area contributed by atoms with E-state index in [1.54, 1.807) is 24.3 Å². The minimum atomic E-state index is -4.22. The van der Waals surface area contributed by atoms with Crippen LogP contribution >= 0.6 is 0 Å². The molecule has 0 atom stereocenters. The van der Waals surface area contributed by atoms with Crippen molar-refractivity contribution in [3.8, 4) is 0 Å². The molecule has 0 radical (unpaired) electrons. The number of azo groups is 1. The maximum absolute atomic E-state index is 11.2. The van der Waals surface area contributed by atoms with Gasteiger partial charge in [-0.3, -0.25) is 4.55 Å². The zero-order chi connectivity index (χ0) is 15.6. The van der Waals surface area contributed by atoms with E-state index in [1.807, 2.05) is 30.3 Å². The average Bonchev–Trinajstić information content (AvgIpc) is 2.52. The molecule has 0 aliphatic rings. The van der Waals surface area contributed by atoms with E-state index in [4.69, 9.17) is 4.55 Å². The van der Waals surface area contributed by atoms with E-state index in [0.717, 1.165) is 11.1 Å². The van der Waals surface area contributed by atoms with Gasteiger partial charge in [0.25, 0.3) is 10.1 Å². The molecule has 0 amide bonds. The van der Waals surface area contributed by atoms with Crippen LogP contribution in [0.1, 0.15) is 0 Å². The Labute approximate surface area is 127 Å². The minimum absolute atomic E-state index is 0.142. The summed E-state index contributed by atoms with van der Waals surface area (Å²) in [7, 11) is -4.22. The predicted molar refractivity (Wildman–Crippen MR) is 84.4 cm³/mol. The Morgan fingerprint density at radius 1 is 0.818 bits per heavy atom. The molecule has 22 heavy (non-hydrogen) atoms. The quantitative estimate of drug-likeness (QED) is 0.571. The van der Waals surface area contributed by atoms with E-state index < -0.39 is 10.1 Å². The SMILES string of the molecule is O=S(=O)(O)c1ccc2c(/N=N\c3ccccc3)cccc2c1. The molecule has 0 fully saturated rings. The summed E-state index contributed by atoms with van der Waals surface area (Å²) in [5.74, 6) is 0. The molecular weight excluding hydrogens is 300 g/mol. The number of hydrogen-bond acceptors (Lipinski definition) is 4. The molecule has 0 unspecified atom stereocenters. The van der Waals surface area contributed by atoms with Gasteiger partial charge in [0.2, 0.25) is 0 Å². The second kappa shape index (κ2) is 5.67. The number of hydrogen-bond donors (Lipinski definition) is 1. The van der Waals surface area contributed by atoms with Gasteiger partial charge in [-0.1, -0.05) is 36.4 Å². The lowest BCUT2D eigenvalue weighted by molar-refractivity contribution is 0.483. The molecule has 110 valence electrons. The fraction of sp³-hybridized carbons (Fsp3) is 0. The van der Waals surface area contributed by atoms with Gasteiger partial charge in [0.05, 0.1) is 16.3 Å². The Morgan fingerprint density at radius 2 is 1.59 bits per heavy atom. The van der Waals surface area contributed by atoms with E-state index in [0.29, 0.717) is 11.1 Å². The molecule has 0 aromatic heterocycles. The molecule has 3 aromatic rings. The van der Waals surface area contributed by atoms with Crippen LogP contribution in [-0.4, -0.2) is 13.0 Å². The van der Waals surface area contributed by atoms with E-state index >= 15 is 0 Å². The van der Waals surface area contributed by atoms with Crippen LogP contribution in [0.3, 0.4) is 0 Å². The summed E-state index contributed by atoms with van der Waals surface area (Å²) in [6.45, 7) is 0. The molecular formula is C16H12N2O3S. The molecule has 0 saturated heterocycles. The van der Waals surface area contributed by atoms with Gasteiger partial charge in [0.15, 0.2) is 0 Å². The molecule has 0 bridgehead atoms. The first-order chi connectivity index (χ1) is 10.5. The summed E-state index contributed by atoms with van der Waals surface area (Å²) in [4.78, 5) is -0.142. The van der Waals surface area contributed by atoms with Crippen molar-refractivity contribution < 1.29 is 13.0 Å². The zero-order valence-electron chi connectivity index (χ0n) is 11.4. The third-order valence-corrected chi connectivity index (χ3v) is 4.01. The molecule has 0 heterocycles. The van der Waals surface area contributed by atoms with Crippen LogP contribution in [0.4, 0.5) is 11.4 Å². The van der Waals surface area contributed by atoms with Crippen molar-refractivity contribution in [2.45, 2.75) is 4.90 Å². The minimum Gasteiger partial charge on any atom is -0.282 e. The second-order valence-corrected chi connectivity index (χ2v) is 6.09. The van der Waals surface area contributed by atoms with Crippen molar-refractivity contribution in [3.05, 3.63) is 66.7 Å². The van der Waals surface area contributed by atoms with E-state index in [9.17, 15) is 8.42 Å². The highest BCUT2D eigenvalue weighted by atomic mass is 32.2. The standard InChI is InChI=1S/C16H12N2O3S/c19-22(20,21)14-9-10-15-12(11-14)5-4-8-16(15)18-17-13-6-2-1-3-7-13/h1-11H,(H,19,20,21)/b18-17-. The largest absolute Gasteiger partial charge is 0.294 e. The van der Waals surface area contributed by atoms with E-state index in [1.165, 1.54) is 12.1 Å². The highest BCUT2D eigenvalue weighted by Gasteiger charge is 2.10. The summed E-state index contributed by atoms with van der Waals surface area (Å²) in [5.41, 5.74) is 1.36. The molecule has 3 rings (SSSR count). The monoisotopic (exact) mass is 312 g/mol. The molecule has 0 spiro atoms. The summed E-state index contributed by atoms with van der Waals surface area (Å²) in [6.07, 6.45) is 0. The second-order valence-electron chi connectivity index (χ2n) is 4.67. The number of nitrogens with zero attached hydrogens (tertiary/aromatic N) is 2. The van der Waals surface area contributed by atoms with Crippen molar-refractivity contribution in [1.82, 2.24) is 0 Å². The molecule has 0 aliphatic carbocycles. The van der Waals surface area contributed by atoms with Crippen molar-refractivity contribution in [1.29, 1.82) is 0 Å². The average molecular weight is 312 g/mol. The fourth-order valence-electron chi connectivity index (χ4n) is 2.10. The molecule has 3 aromatic carbocycles. The van der Waals surface area contributed by atoms with E-state index in [-0.39, 0.29) is 4.90 Å². The van der Waals surface area contributed by atoms with Gasteiger partial charge in [-0.15, -0.1) is 5.11 Å². The lowest BCUT2D eigenvalue weighted by atomic mass is 10.1. The van der Waals surface area contributed by atoms with Gasteiger partial charge in [0.1, 0.15) is 0 Å². The lowest BCUT2D eigenvalue weighted by Crippen LogP contribution is -1.97. The summed E-state index contributed by atoms with van der Waals surface area (Å²) in [5, 5.41) is 9.79. The zero-order valence-corrected chi connectivity index (χ0v) is 12.2. The lowest BCUT2D eigenvalue weighted by Gasteiger charge is -2.03. The maximum atomic E-state index is 11.2. The van der Waals surface area contributed by atoms with Gasteiger partial charge < -0.3 is 0 Å². The van der Waals surface area contributed by atoms with Crippen LogP contribution in [0.2, 0.25) is 0 Å². The van der Waals surface area contributed by atoms with Crippen molar-refractivity contribution in [3.63, 3.8) is 0 Å². The first-order valence-corrected chi connectivity index (χ1v) is 7.95. The highest BCUT2D eigenvalue weighted by Crippen LogP contribution is 2.29. The Balaban J connectivity index is 2.06. The van der Waals surface area contributed by atoms with Gasteiger partial charge in [0, 0.05) is 5.39 Å². The Kier molecular flexibility index (Phi) is 3.70. The smallest absolute Gasteiger partial charge is 0.282 e.